The summed E-state index contributed by atoms with van der Waals surface area (Å²) in [6.45, 7) is 0. The van der Waals surface area contributed by atoms with Gasteiger partial charge in [0.2, 0.25) is 0 Å². The number of carboxylic acid groups (broad SMARTS) is 4. The Hall–Kier alpha value is -8.98. The van der Waals surface area contributed by atoms with Crippen LogP contribution in [0.4, 0.5) is 45.5 Å². The molecule has 66 heavy (non-hydrogen) atoms. The number of phenols is 2. The summed E-state index contributed by atoms with van der Waals surface area (Å²) in [5, 5.41) is 79.4. The molecule has 0 aromatic heterocycles. The molecule has 0 spiro atoms. The smallest absolute Gasteiger partial charge is 0.335 e. The maximum Gasteiger partial charge on any atom is 0.335 e. The van der Waals surface area contributed by atoms with E-state index in [0.29, 0.717) is 0 Å². The highest BCUT2D eigenvalue weighted by Gasteiger charge is 2.26. The number of benzene rings is 6. The number of nitrogens with one attached hydrogen (secondary N) is 2. The van der Waals surface area contributed by atoms with Gasteiger partial charge in [-0.3, -0.25) is 18.7 Å². The van der Waals surface area contributed by atoms with Gasteiger partial charge in [-0.25, -0.2) is 19.2 Å². The molecule has 0 fully saturated rings. The first-order valence-corrected chi connectivity index (χ1v) is 20.8. The van der Waals surface area contributed by atoms with E-state index in [4.69, 9.17) is 0 Å². The Labute approximate surface area is 365 Å². The van der Waals surface area contributed by atoms with Gasteiger partial charge in [-0.2, -0.15) is 27.1 Å². The van der Waals surface area contributed by atoms with Gasteiger partial charge < -0.3 is 41.3 Å². The quantitative estimate of drug-likeness (QED) is 0.0311. The van der Waals surface area contributed by atoms with Crippen molar-refractivity contribution in [1.82, 2.24) is 0 Å². The second kappa shape index (κ2) is 16.6. The predicted octanol–water partition coefficient (Wildman–Crippen LogP) is 6.60. The molecule has 0 saturated carbocycles. The van der Waals surface area contributed by atoms with E-state index >= 15 is 0 Å². The van der Waals surface area contributed by atoms with Crippen molar-refractivity contribution in [3.05, 3.63) is 128 Å². The molecule has 0 atom stereocenters. The van der Waals surface area contributed by atoms with Gasteiger partial charge in [-0.05, 0) is 95.7 Å². The first kappa shape index (κ1) is 45.1. The normalized spacial score (nSPS) is 12.0. The number of azo groups is 2. The van der Waals surface area contributed by atoms with Crippen molar-refractivity contribution in [2.24, 2.45) is 20.5 Å². The van der Waals surface area contributed by atoms with Gasteiger partial charge in [0.1, 0.15) is 32.5 Å². The lowest BCUT2D eigenvalue weighted by Gasteiger charge is -2.16. The van der Waals surface area contributed by atoms with Gasteiger partial charge >= 0.3 is 23.9 Å². The number of rotatable bonds is 14. The van der Waals surface area contributed by atoms with Crippen molar-refractivity contribution >= 4 is 111 Å². The highest BCUT2D eigenvalue weighted by atomic mass is 32.2. The first-order valence-electron chi connectivity index (χ1n) is 17.9. The molecular weight excluding hydrogens is 917 g/mol. The van der Waals surface area contributed by atoms with Crippen LogP contribution in [0.25, 0.3) is 21.5 Å². The van der Waals surface area contributed by atoms with Gasteiger partial charge in [0.05, 0.1) is 33.6 Å². The average molecular weight is 941 g/mol. The van der Waals surface area contributed by atoms with Crippen LogP contribution in [0.1, 0.15) is 41.4 Å². The Morgan fingerprint density at radius 2 is 0.773 bits per heavy atom. The van der Waals surface area contributed by atoms with E-state index in [-0.39, 0.29) is 55.7 Å². The number of hydrogen-bond acceptors (Lipinski definition) is 18. The SMILES string of the molecule is O=C(O)c1cc(N=Nc2c(S(=O)(=O)O)cc3cc(Nc4c(Nc5ccc6c(O)c(N=Nc7cc(C(=O)O)cc(C(=O)O)c7)c(S(=O)(=O)O)cc6c5)c(=O)c4=O)ccc3c2O)cc(C(=O)O)c1. The summed E-state index contributed by atoms with van der Waals surface area (Å²) in [5.74, 6) is -7.78. The average Bonchev–Trinajstić information content (AvgIpc) is 3.25. The van der Waals surface area contributed by atoms with Gasteiger partial charge in [-0.1, -0.05) is 0 Å². The summed E-state index contributed by atoms with van der Waals surface area (Å²) < 4.78 is 69.9. The molecule has 0 unspecified atom stereocenters. The Kier molecular flexibility index (Phi) is 11.3. The van der Waals surface area contributed by atoms with E-state index in [0.717, 1.165) is 48.5 Å². The van der Waals surface area contributed by atoms with E-state index in [1.807, 2.05) is 0 Å². The van der Waals surface area contributed by atoms with Gasteiger partial charge in [-0.15, -0.1) is 10.2 Å². The van der Waals surface area contributed by atoms with Crippen molar-refractivity contribution in [3.63, 3.8) is 0 Å². The molecule has 0 saturated heterocycles. The molecule has 334 valence electrons. The molecule has 0 radical (unpaired) electrons. The number of fused-ring (bicyclic) bond motifs is 2. The molecule has 0 aliphatic rings. The zero-order valence-electron chi connectivity index (χ0n) is 32.3. The molecule has 7 rings (SSSR count). The van der Waals surface area contributed by atoms with Crippen molar-refractivity contribution in [1.29, 1.82) is 0 Å². The topological polar surface area (TPSA) is 406 Å². The predicted molar refractivity (Wildman–Crippen MR) is 228 cm³/mol. The number of aromatic carboxylic acids is 4. The fourth-order valence-electron chi connectivity index (χ4n) is 6.41. The van der Waals surface area contributed by atoms with E-state index in [9.17, 15) is 85.3 Å². The highest BCUT2D eigenvalue weighted by Crippen LogP contribution is 2.44. The van der Waals surface area contributed by atoms with Gasteiger partial charge in [0, 0.05) is 22.1 Å². The minimum atomic E-state index is -5.19. The molecule has 24 nitrogen and oxygen atoms in total. The van der Waals surface area contributed by atoms with Crippen LogP contribution in [0.5, 0.6) is 11.5 Å². The number of aromatic hydroxyl groups is 2. The summed E-state index contributed by atoms with van der Waals surface area (Å²) in [6.07, 6.45) is 0. The molecule has 0 bridgehead atoms. The van der Waals surface area contributed by atoms with Crippen molar-refractivity contribution in [3.8, 4) is 11.5 Å². The number of anilines is 4. The Morgan fingerprint density at radius 3 is 1.06 bits per heavy atom. The van der Waals surface area contributed by atoms with Gasteiger partial charge in [0.25, 0.3) is 31.1 Å². The van der Waals surface area contributed by atoms with Crippen LogP contribution in [0.3, 0.4) is 0 Å². The monoisotopic (exact) mass is 940 g/mol. The summed E-state index contributed by atoms with van der Waals surface area (Å²) in [7, 11) is -10.4. The molecule has 0 heterocycles. The van der Waals surface area contributed by atoms with E-state index < -0.39 is 110 Å². The zero-order chi connectivity index (χ0) is 48.2. The molecule has 26 heteroatoms. The molecule has 0 aliphatic carbocycles. The third-order valence-corrected chi connectivity index (χ3v) is 11.2. The van der Waals surface area contributed by atoms with Crippen molar-refractivity contribution in [2.45, 2.75) is 9.79 Å². The standard InChI is InChI=1S/C40H24N6O18S2/c47-33-25-3-1-21(7-15(25)13-27(65(59,60)61)29(33)45-43-23-9-17(37(51)52)5-18(10-23)38(53)54)41-31-32(36(50)35(31)49)42-22-2-4-26-16(8-22)14-28(66(62,63)64)30(34(26)48)46-44-24-11-19(39(55)56)6-20(12-24)40(57)58/h1-14,41-42,47-48H,(H,51,52)(H,53,54)(H,55,56)(H,57,58)(H,59,60,61)(H,62,63,64). The second-order valence-corrected chi connectivity index (χ2v) is 16.6. The van der Waals surface area contributed by atoms with E-state index in [1.165, 1.54) is 36.4 Å². The molecular formula is C40H24N6O18S2. The lowest BCUT2D eigenvalue weighted by molar-refractivity contribution is 0.0676. The number of nitrogens with zero attached hydrogens (tertiary/aromatic N) is 4. The molecule has 0 amide bonds. The van der Waals surface area contributed by atoms with Crippen LogP contribution in [0.15, 0.2) is 125 Å². The van der Waals surface area contributed by atoms with Crippen LogP contribution in [0, 0.1) is 0 Å². The minimum Gasteiger partial charge on any atom is -0.505 e. The maximum absolute atomic E-state index is 12.8. The maximum atomic E-state index is 12.8. The number of carboxylic acids is 4. The van der Waals surface area contributed by atoms with Crippen LogP contribution in [-0.4, -0.2) is 80.5 Å². The van der Waals surface area contributed by atoms with Crippen molar-refractivity contribution in [2.75, 3.05) is 10.6 Å². The Morgan fingerprint density at radius 1 is 0.455 bits per heavy atom. The summed E-state index contributed by atoms with van der Waals surface area (Å²) in [4.78, 5) is 69.6. The second-order valence-electron chi connectivity index (χ2n) is 13.8. The minimum absolute atomic E-state index is 0.0243. The third kappa shape index (κ3) is 8.81. The molecule has 7 aromatic carbocycles. The van der Waals surface area contributed by atoms with Crippen LogP contribution in [0.2, 0.25) is 0 Å². The number of phenolic OH excluding ortho intramolecular Hbond substituents is 2. The summed E-state index contributed by atoms with van der Waals surface area (Å²) >= 11 is 0. The highest BCUT2D eigenvalue weighted by molar-refractivity contribution is 7.86. The molecule has 7 aromatic rings. The zero-order valence-corrected chi connectivity index (χ0v) is 34.0. The third-order valence-electron chi connectivity index (χ3n) is 9.46. The van der Waals surface area contributed by atoms with Gasteiger partial charge in [0.15, 0.2) is 11.5 Å². The lowest BCUT2D eigenvalue weighted by Crippen LogP contribution is -2.35. The Balaban J connectivity index is 1.20. The molecule has 10 N–H and O–H groups in total. The van der Waals surface area contributed by atoms with Crippen LogP contribution < -0.4 is 21.5 Å². The summed E-state index contributed by atoms with van der Waals surface area (Å²) in [5.41, 5.74) is -7.05. The van der Waals surface area contributed by atoms with Crippen molar-refractivity contribution < 1.29 is 75.8 Å². The number of hydrogen-bond donors (Lipinski definition) is 10. The first-order chi connectivity index (χ1) is 30.9. The van der Waals surface area contributed by atoms with E-state index in [1.54, 1.807) is 0 Å². The van der Waals surface area contributed by atoms with Crippen LogP contribution >= 0.6 is 0 Å². The largest absolute Gasteiger partial charge is 0.505 e. The lowest BCUT2D eigenvalue weighted by atomic mass is 10.1. The van der Waals surface area contributed by atoms with Crippen LogP contribution in [-0.2, 0) is 20.2 Å². The number of carbonyl (C=O) groups is 4. The summed E-state index contributed by atoms with van der Waals surface area (Å²) in [6, 6.07) is 14.5. The molecule has 0 aliphatic heterocycles. The van der Waals surface area contributed by atoms with E-state index in [2.05, 4.69) is 31.1 Å². The fourth-order valence-corrected chi connectivity index (χ4v) is 7.73. The fraction of sp³-hybridized carbons (Fsp3) is 0. The Bertz CT molecular complexity index is 3390.